The van der Waals surface area contributed by atoms with Gasteiger partial charge < -0.3 is 5.11 Å². The molecule has 0 radical (unpaired) electrons. The zero-order chi connectivity index (χ0) is 8.27. The van der Waals surface area contributed by atoms with Gasteiger partial charge in [-0.1, -0.05) is 33.6 Å². The maximum Gasteiger partial charge on any atom is 0.0471 e. The van der Waals surface area contributed by atoms with Gasteiger partial charge in [0.25, 0.3) is 0 Å². The Morgan fingerprint density at radius 2 is 2.18 bits per heavy atom. The quantitative estimate of drug-likeness (QED) is 0.802. The van der Waals surface area contributed by atoms with Crippen LogP contribution < -0.4 is 0 Å². The van der Waals surface area contributed by atoms with Crippen LogP contribution in [0.5, 0.6) is 0 Å². The molecule has 0 bridgehead atoms. The van der Waals surface area contributed by atoms with Crippen molar-refractivity contribution < 1.29 is 5.11 Å². The second kappa shape index (κ2) is 3.88. The summed E-state index contributed by atoms with van der Waals surface area (Å²) in [5.74, 6) is 0. The number of aryl methyl sites for hydroxylation is 1. The predicted molar refractivity (Wildman–Crippen MR) is 49.7 cm³/mol. The van der Waals surface area contributed by atoms with Gasteiger partial charge in [0.1, 0.15) is 0 Å². The van der Waals surface area contributed by atoms with Crippen LogP contribution in [0.25, 0.3) is 0 Å². The lowest BCUT2D eigenvalue weighted by Crippen LogP contribution is -1.92. The van der Waals surface area contributed by atoms with Gasteiger partial charge in [-0.3, -0.25) is 0 Å². The number of halogens is 1. The van der Waals surface area contributed by atoms with E-state index < -0.39 is 0 Å². The SMILES string of the molecule is Cc1ccc(Br)c(CCO)c1. The van der Waals surface area contributed by atoms with Crippen LogP contribution >= 0.6 is 15.9 Å². The number of aliphatic hydroxyl groups excluding tert-OH is 1. The summed E-state index contributed by atoms with van der Waals surface area (Å²) in [6.07, 6.45) is 0.724. The number of hydrogen-bond donors (Lipinski definition) is 1. The van der Waals surface area contributed by atoms with Crippen LogP contribution in [0.3, 0.4) is 0 Å². The van der Waals surface area contributed by atoms with Crippen molar-refractivity contribution in [2.45, 2.75) is 13.3 Å². The molecule has 2 heteroatoms. The summed E-state index contributed by atoms with van der Waals surface area (Å²) in [5, 5.41) is 8.71. The first kappa shape index (κ1) is 8.75. The van der Waals surface area contributed by atoms with E-state index in [1.54, 1.807) is 0 Å². The van der Waals surface area contributed by atoms with Gasteiger partial charge in [0.15, 0.2) is 0 Å². The van der Waals surface area contributed by atoms with Gasteiger partial charge >= 0.3 is 0 Å². The van der Waals surface area contributed by atoms with E-state index >= 15 is 0 Å². The van der Waals surface area contributed by atoms with Crippen molar-refractivity contribution in [2.75, 3.05) is 6.61 Å². The molecule has 0 atom stereocenters. The molecule has 60 valence electrons. The molecule has 11 heavy (non-hydrogen) atoms. The molecule has 0 aliphatic heterocycles. The molecule has 1 nitrogen and oxygen atoms in total. The van der Waals surface area contributed by atoms with Crippen molar-refractivity contribution in [3.63, 3.8) is 0 Å². The van der Waals surface area contributed by atoms with Crippen LogP contribution in [0, 0.1) is 6.92 Å². The van der Waals surface area contributed by atoms with E-state index in [4.69, 9.17) is 5.11 Å². The van der Waals surface area contributed by atoms with Gasteiger partial charge in [-0.05, 0) is 25.0 Å². The monoisotopic (exact) mass is 214 g/mol. The molecular formula is C9H11BrO. The Bertz CT molecular complexity index is 245. The lowest BCUT2D eigenvalue weighted by molar-refractivity contribution is 0.299. The van der Waals surface area contributed by atoms with Gasteiger partial charge in [-0.25, -0.2) is 0 Å². The molecule has 0 amide bonds. The maximum absolute atomic E-state index is 8.71. The zero-order valence-corrected chi connectivity index (χ0v) is 8.06. The van der Waals surface area contributed by atoms with Gasteiger partial charge in [0, 0.05) is 11.1 Å². The fraction of sp³-hybridized carbons (Fsp3) is 0.333. The molecule has 1 rings (SSSR count). The highest BCUT2D eigenvalue weighted by molar-refractivity contribution is 9.10. The first-order valence-electron chi connectivity index (χ1n) is 3.60. The molecule has 1 N–H and O–H groups in total. The molecule has 0 aliphatic rings. The molecule has 0 saturated heterocycles. The van der Waals surface area contributed by atoms with Crippen molar-refractivity contribution in [1.29, 1.82) is 0 Å². The third-order valence-electron chi connectivity index (χ3n) is 1.58. The molecule has 0 fully saturated rings. The van der Waals surface area contributed by atoms with Crippen molar-refractivity contribution in [3.8, 4) is 0 Å². The Labute approximate surface area is 75.2 Å². The van der Waals surface area contributed by atoms with Crippen LogP contribution in [0.15, 0.2) is 22.7 Å². The van der Waals surface area contributed by atoms with Gasteiger partial charge in [-0.2, -0.15) is 0 Å². The summed E-state index contributed by atoms with van der Waals surface area (Å²) in [4.78, 5) is 0. The third-order valence-corrected chi connectivity index (χ3v) is 2.36. The normalized spacial score (nSPS) is 10.1. The van der Waals surface area contributed by atoms with Crippen molar-refractivity contribution >= 4 is 15.9 Å². The lowest BCUT2D eigenvalue weighted by Gasteiger charge is -2.02. The summed E-state index contributed by atoms with van der Waals surface area (Å²) in [5.41, 5.74) is 2.41. The molecule has 0 saturated carbocycles. The Hall–Kier alpha value is -0.340. The van der Waals surface area contributed by atoms with Crippen LogP contribution in [0.4, 0.5) is 0 Å². The standard InChI is InChI=1S/C9H11BrO/c1-7-2-3-9(10)8(6-7)4-5-11/h2-3,6,11H,4-5H2,1H3. The molecule has 0 heterocycles. The van der Waals surface area contributed by atoms with E-state index in [1.807, 2.05) is 19.1 Å². The van der Waals surface area contributed by atoms with Crippen molar-refractivity contribution in [1.82, 2.24) is 0 Å². The van der Waals surface area contributed by atoms with E-state index in [2.05, 4.69) is 22.0 Å². The first-order valence-corrected chi connectivity index (χ1v) is 4.39. The molecule has 0 unspecified atom stereocenters. The third kappa shape index (κ3) is 2.31. The highest BCUT2D eigenvalue weighted by atomic mass is 79.9. The van der Waals surface area contributed by atoms with E-state index in [9.17, 15) is 0 Å². The first-order chi connectivity index (χ1) is 5.24. The van der Waals surface area contributed by atoms with E-state index in [1.165, 1.54) is 11.1 Å². The number of benzene rings is 1. The highest BCUT2D eigenvalue weighted by Gasteiger charge is 1.97. The van der Waals surface area contributed by atoms with Gasteiger partial charge in [0.05, 0.1) is 0 Å². The van der Waals surface area contributed by atoms with E-state index in [-0.39, 0.29) is 6.61 Å². The van der Waals surface area contributed by atoms with Crippen LogP contribution in [-0.4, -0.2) is 11.7 Å². The smallest absolute Gasteiger partial charge is 0.0471 e. The molecular weight excluding hydrogens is 204 g/mol. The average Bonchev–Trinajstić information content (AvgIpc) is 1.98. The fourth-order valence-corrected chi connectivity index (χ4v) is 1.46. The number of rotatable bonds is 2. The topological polar surface area (TPSA) is 20.2 Å². The second-order valence-electron chi connectivity index (χ2n) is 2.57. The molecule has 1 aromatic rings. The van der Waals surface area contributed by atoms with Crippen LogP contribution in [-0.2, 0) is 6.42 Å². The second-order valence-corrected chi connectivity index (χ2v) is 3.42. The molecule has 0 aromatic heterocycles. The minimum absolute atomic E-state index is 0.210. The van der Waals surface area contributed by atoms with E-state index in [0.717, 1.165) is 10.9 Å². The highest BCUT2D eigenvalue weighted by Crippen LogP contribution is 2.18. The Morgan fingerprint density at radius 1 is 1.45 bits per heavy atom. The summed E-state index contributed by atoms with van der Waals surface area (Å²) in [6, 6.07) is 6.14. The molecule has 1 aromatic carbocycles. The van der Waals surface area contributed by atoms with E-state index in [0.29, 0.717) is 0 Å². The largest absolute Gasteiger partial charge is 0.396 e. The summed E-state index contributed by atoms with van der Waals surface area (Å²) >= 11 is 3.42. The Morgan fingerprint density at radius 3 is 2.82 bits per heavy atom. The minimum Gasteiger partial charge on any atom is -0.396 e. The van der Waals surface area contributed by atoms with Crippen molar-refractivity contribution in [2.24, 2.45) is 0 Å². The van der Waals surface area contributed by atoms with Crippen LogP contribution in [0.1, 0.15) is 11.1 Å². The lowest BCUT2D eigenvalue weighted by atomic mass is 10.1. The van der Waals surface area contributed by atoms with Crippen molar-refractivity contribution in [3.05, 3.63) is 33.8 Å². The maximum atomic E-state index is 8.71. The predicted octanol–water partition coefficient (Wildman–Crippen LogP) is 2.29. The van der Waals surface area contributed by atoms with Gasteiger partial charge in [0.2, 0.25) is 0 Å². The average molecular weight is 215 g/mol. The molecule has 0 aliphatic carbocycles. The number of hydrogen-bond acceptors (Lipinski definition) is 1. The minimum atomic E-state index is 0.210. The fourth-order valence-electron chi connectivity index (χ4n) is 1.02. The van der Waals surface area contributed by atoms with Crippen LogP contribution in [0.2, 0.25) is 0 Å². The number of aliphatic hydroxyl groups is 1. The zero-order valence-electron chi connectivity index (χ0n) is 6.47. The van der Waals surface area contributed by atoms with Gasteiger partial charge in [-0.15, -0.1) is 0 Å². The summed E-state index contributed by atoms with van der Waals surface area (Å²) in [6.45, 7) is 2.26. The summed E-state index contributed by atoms with van der Waals surface area (Å²) < 4.78 is 1.08. The molecule has 0 spiro atoms. The Kier molecular flexibility index (Phi) is 3.09. The Balaban J connectivity index is 2.93. The summed E-state index contributed by atoms with van der Waals surface area (Å²) in [7, 11) is 0.